The third kappa shape index (κ3) is 2.43. The van der Waals surface area contributed by atoms with Gasteiger partial charge in [0.2, 0.25) is 5.91 Å². The molecule has 2 heterocycles. The van der Waals surface area contributed by atoms with Crippen molar-refractivity contribution in [2.75, 3.05) is 13.1 Å². The van der Waals surface area contributed by atoms with E-state index in [9.17, 15) is 4.79 Å². The minimum absolute atomic E-state index is 0.318. The van der Waals surface area contributed by atoms with Crippen LogP contribution in [0.2, 0.25) is 0 Å². The summed E-state index contributed by atoms with van der Waals surface area (Å²) < 4.78 is 2.60. The molecule has 5 nitrogen and oxygen atoms in total. The summed E-state index contributed by atoms with van der Waals surface area (Å²) in [5.74, 6) is 3.61. The van der Waals surface area contributed by atoms with Crippen molar-refractivity contribution < 1.29 is 4.79 Å². The Bertz CT molecular complexity index is 617. The first kappa shape index (κ1) is 13.5. The molecule has 1 saturated heterocycles. The van der Waals surface area contributed by atoms with Crippen molar-refractivity contribution in [3.05, 3.63) is 10.6 Å². The smallest absolute Gasteiger partial charge is 0.226 e. The fourth-order valence-corrected chi connectivity index (χ4v) is 4.03. The van der Waals surface area contributed by atoms with Gasteiger partial charge in [-0.05, 0) is 56.2 Å². The first-order valence-corrected chi connectivity index (χ1v) is 8.46. The van der Waals surface area contributed by atoms with Gasteiger partial charge in [-0.1, -0.05) is 0 Å². The average molecular weight is 306 g/mol. The molecule has 1 amide bonds. The van der Waals surface area contributed by atoms with Gasteiger partial charge in [0.25, 0.3) is 0 Å². The van der Waals surface area contributed by atoms with E-state index in [1.54, 1.807) is 0 Å². The Labute approximate surface area is 129 Å². The van der Waals surface area contributed by atoms with E-state index in [1.807, 2.05) is 11.6 Å². The van der Waals surface area contributed by atoms with Crippen LogP contribution in [0.3, 0.4) is 0 Å². The normalized spacial score (nSPS) is 32.2. The SMILES string of the molecule is Cn1c([C@@H]2CCCN(C(=O)[C@@H]3C[C@H]3C3CC3)C2)n[nH]c1=S. The lowest BCUT2D eigenvalue weighted by molar-refractivity contribution is -0.134. The zero-order valence-electron chi connectivity index (χ0n) is 12.4. The van der Waals surface area contributed by atoms with Gasteiger partial charge < -0.3 is 9.47 Å². The molecule has 1 aliphatic heterocycles. The number of hydrogen-bond acceptors (Lipinski definition) is 3. The highest BCUT2D eigenvalue weighted by molar-refractivity contribution is 7.71. The molecular weight excluding hydrogens is 284 g/mol. The second kappa shape index (κ2) is 4.93. The molecule has 3 atom stereocenters. The molecule has 21 heavy (non-hydrogen) atoms. The number of carbonyl (C=O) groups excluding carboxylic acids is 1. The molecule has 1 aromatic rings. The highest BCUT2D eigenvalue weighted by Gasteiger charge is 2.52. The lowest BCUT2D eigenvalue weighted by atomic mass is 9.96. The van der Waals surface area contributed by atoms with Crippen LogP contribution in [0.1, 0.15) is 43.8 Å². The van der Waals surface area contributed by atoms with Crippen molar-refractivity contribution in [3.8, 4) is 0 Å². The standard InChI is InChI=1S/C15H22N4OS/c1-18-13(16-17-15(18)21)10-3-2-6-19(8-10)14(20)12-7-11(12)9-4-5-9/h9-12H,2-8H2,1H3,(H,17,21)/t10-,11+,12-/m1/s1. The van der Waals surface area contributed by atoms with Crippen LogP contribution in [0.15, 0.2) is 0 Å². The number of amides is 1. The number of nitrogens with zero attached hydrogens (tertiary/aromatic N) is 3. The summed E-state index contributed by atoms with van der Waals surface area (Å²) in [6.45, 7) is 1.72. The Kier molecular flexibility index (Phi) is 3.17. The Balaban J connectivity index is 1.44. The molecule has 3 aliphatic rings. The van der Waals surface area contributed by atoms with Crippen molar-refractivity contribution in [2.45, 2.75) is 38.0 Å². The van der Waals surface area contributed by atoms with Crippen LogP contribution in [-0.4, -0.2) is 38.7 Å². The molecule has 1 N–H and O–H groups in total. The second-order valence-electron chi connectivity index (χ2n) is 6.91. The summed E-state index contributed by atoms with van der Waals surface area (Å²) in [7, 11) is 1.95. The Morgan fingerprint density at radius 3 is 2.86 bits per heavy atom. The van der Waals surface area contributed by atoms with E-state index in [0.29, 0.717) is 28.4 Å². The molecule has 0 bridgehead atoms. The number of likely N-dealkylation sites (tertiary alicyclic amines) is 1. The third-order valence-corrected chi connectivity index (χ3v) is 5.76. The maximum absolute atomic E-state index is 12.6. The molecule has 0 radical (unpaired) electrons. The van der Waals surface area contributed by atoms with Gasteiger partial charge in [-0.2, -0.15) is 5.10 Å². The molecule has 6 heteroatoms. The molecule has 0 aromatic carbocycles. The van der Waals surface area contributed by atoms with E-state index in [2.05, 4.69) is 15.1 Å². The van der Waals surface area contributed by atoms with Crippen molar-refractivity contribution in [2.24, 2.45) is 24.8 Å². The fourth-order valence-electron chi connectivity index (χ4n) is 3.89. The van der Waals surface area contributed by atoms with Crippen molar-refractivity contribution in [1.29, 1.82) is 0 Å². The van der Waals surface area contributed by atoms with Gasteiger partial charge in [0.1, 0.15) is 5.82 Å². The predicted molar refractivity (Wildman–Crippen MR) is 81.3 cm³/mol. The molecule has 2 saturated carbocycles. The summed E-state index contributed by atoms with van der Waals surface area (Å²) in [6.07, 6.45) is 5.99. The van der Waals surface area contributed by atoms with Crippen LogP contribution in [0.25, 0.3) is 0 Å². The van der Waals surface area contributed by atoms with Crippen LogP contribution in [0.4, 0.5) is 0 Å². The zero-order valence-corrected chi connectivity index (χ0v) is 13.2. The predicted octanol–water partition coefficient (Wildman–Crippen LogP) is 2.23. The number of aromatic amines is 1. The van der Waals surface area contributed by atoms with Gasteiger partial charge in [0.05, 0.1) is 0 Å². The quantitative estimate of drug-likeness (QED) is 0.871. The number of carbonyl (C=O) groups is 1. The van der Waals surface area contributed by atoms with Crippen LogP contribution in [-0.2, 0) is 11.8 Å². The Morgan fingerprint density at radius 2 is 2.19 bits per heavy atom. The van der Waals surface area contributed by atoms with Gasteiger partial charge >= 0.3 is 0 Å². The number of hydrogen-bond donors (Lipinski definition) is 1. The van der Waals surface area contributed by atoms with E-state index in [4.69, 9.17) is 12.2 Å². The minimum Gasteiger partial charge on any atom is -0.342 e. The summed E-state index contributed by atoms with van der Waals surface area (Å²) in [5.41, 5.74) is 0. The van der Waals surface area contributed by atoms with Crippen LogP contribution in [0.5, 0.6) is 0 Å². The van der Waals surface area contributed by atoms with Gasteiger partial charge in [0, 0.05) is 32.0 Å². The van der Waals surface area contributed by atoms with Crippen molar-refractivity contribution in [3.63, 3.8) is 0 Å². The summed E-state index contributed by atoms with van der Waals surface area (Å²) in [4.78, 5) is 14.7. The van der Waals surface area contributed by atoms with Crippen molar-refractivity contribution >= 4 is 18.1 Å². The topological polar surface area (TPSA) is 53.9 Å². The van der Waals surface area contributed by atoms with Crippen molar-refractivity contribution in [1.82, 2.24) is 19.7 Å². The van der Waals surface area contributed by atoms with E-state index in [-0.39, 0.29) is 0 Å². The Morgan fingerprint density at radius 1 is 1.38 bits per heavy atom. The molecule has 114 valence electrons. The lowest BCUT2D eigenvalue weighted by Gasteiger charge is -2.32. The maximum atomic E-state index is 12.6. The molecular formula is C15H22N4OS. The monoisotopic (exact) mass is 306 g/mol. The van der Waals surface area contributed by atoms with Gasteiger partial charge in [-0.25, -0.2) is 0 Å². The molecule has 1 aromatic heterocycles. The lowest BCUT2D eigenvalue weighted by Crippen LogP contribution is -2.40. The Hall–Kier alpha value is -1.17. The van der Waals surface area contributed by atoms with E-state index >= 15 is 0 Å². The fraction of sp³-hybridized carbons (Fsp3) is 0.800. The maximum Gasteiger partial charge on any atom is 0.226 e. The number of H-pyrrole nitrogens is 1. The zero-order chi connectivity index (χ0) is 14.6. The van der Waals surface area contributed by atoms with Gasteiger partial charge in [-0.15, -0.1) is 0 Å². The van der Waals surface area contributed by atoms with E-state index in [0.717, 1.165) is 44.1 Å². The first-order chi connectivity index (χ1) is 10.1. The second-order valence-corrected chi connectivity index (χ2v) is 7.30. The summed E-state index contributed by atoms with van der Waals surface area (Å²) >= 11 is 5.19. The number of rotatable bonds is 3. The highest BCUT2D eigenvalue weighted by atomic mass is 32.1. The third-order valence-electron chi connectivity index (χ3n) is 5.40. The summed E-state index contributed by atoms with van der Waals surface area (Å²) in [6, 6.07) is 0. The molecule has 2 aliphatic carbocycles. The van der Waals surface area contributed by atoms with E-state index in [1.165, 1.54) is 12.8 Å². The summed E-state index contributed by atoms with van der Waals surface area (Å²) in [5, 5.41) is 7.21. The largest absolute Gasteiger partial charge is 0.342 e. The number of nitrogens with one attached hydrogen (secondary N) is 1. The number of aromatic nitrogens is 3. The van der Waals surface area contributed by atoms with Crippen LogP contribution < -0.4 is 0 Å². The van der Waals surface area contributed by atoms with E-state index < -0.39 is 0 Å². The van der Waals surface area contributed by atoms with Gasteiger partial charge in [-0.3, -0.25) is 9.89 Å². The molecule has 3 fully saturated rings. The van der Waals surface area contributed by atoms with Gasteiger partial charge in [0.15, 0.2) is 4.77 Å². The first-order valence-electron chi connectivity index (χ1n) is 8.05. The molecule has 4 rings (SSSR count). The molecule has 0 unspecified atom stereocenters. The highest BCUT2D eigenvalue weighted by Crippen LogP contribution is 2.55. The number of piperidine rings is 1. The minimum atomic E-state index is 0.318. The van der Waals surface area contributed by atoms with Crippen LogP contribution >= 0.6 is 12.2 Å². The average Bonchev–Trinajstić information content (AvgIpc) is 3.37. The molecule has 0 spiro atoms. The van der Waals surface area contributed by atoms with Crippen LogP contribution in [0, 0.1) is 22.5 Å².